The lowest BCUT2D eigenvalue weighted by atomic mass is 9.99. The third-order valence-electron chi connectivity index (χ3n) is 5.64. The van der Waals surface area contributed by atoms with Crippen LogP contribution in [0.3, 0.4) is 0 Å². The number of rotatable bonds is 3. The molecule has 150 valence electrons. The zero-order chi connectivity index (χ0) is 21.0. The van der Waals surface area contributed by atoms with E-state index in [2.05, 4.69) is 35.9 Å². The van der Waals surface area contributed by atoms with Gasteiger partial charge in [0.1, 0.15) is 11.6 Å². The fourth-order valence-electron chi connectivity index (χ4n) is 4.32. The summed E-state index contributed by atoms with van der Waals surface area (Å²) in [7, 11) is 0. The van der Waals surface area contributed by atoms with Gasteiger partial charge in [0.2, 0.25) is 0 Å². The minimum Gasteiger partial charge on any atom is -0.345 e. The monoisotopic (exact) mass is 437 g/mol. The molecule has 0 aliphatic heterocycles. The minimum atomic E-state index is -0.352. The molecule has 0 spiro atoms. The summed E-state index contributed by atoms with van der Waals surface area (Å²) < 4.78 is 31.2. The average molecular weight is 438 g/mol. The van der Waals surface area contributed by atoms with Crippen molar-refractivity contribution in [3.05, 3.63) is 82.3 Å². The Balaban J connectivity index is 1.72. The summed E-state index contributed by atoms with van der Waals surface area (Å²) >= 11 is 7.67. The van der Waals surface area contributed by atoms with E-state index in [0.29, 0.717) is 5.02 Å². The van der Waals surface area contributed by atoms with E-state index in [9.17, 15) is 8.78 Å². The van der Waals surface area contributed by atoms with E-state index in [1.165, 1.54) is 18.2 Å². The van der Waals surface area contributed by atoms with Crippen LogP contribution in [0.1, 0.15) is 12.6 Å². The van der Waals surface area contributed by atoms with E-state index in [4.69, 9.17) is 11.6 Å². The number of nitrogens with zero attached hydrogens (tertiary/aromatic N) is 1. The number of aromatic nitrogens is 1. The first-order valence-electron chi connectivity index (χ1n) is 9.72. The molecule has 5 heteroatoms. The van der Waals surface area contributed by atoms with Gasteiger partial charge in [0.25, 0.3) is 0 Å². The summed E-state index contributed by atoms with van der Waals surface area (Å²) in [4.78, 5) is 0. The molecule has 0 N–H and O–H groups in total. The highest BCUT2D eigenvalue weighted by molar-refractivity contribution is 7.17. The maximum Gasteiger partial charge on any atom is 0.125 e. The first-order chi connectivity index (χ1) is 14.5. The molecule has 0 atom stereocenters. The molecular formula is C25H18ClF2NS. The van der Waals surface area contributed by atoms with Crippen molar-refractivity contribution in [1.29, 1.82) is 0 Å². The van der Waals surface area contributed by atoms with Crippen LogP contribution in [0.5, 0.6) is 0 Å². The van der Waals surface area contributed by atoms with Crippen LogP contribution in [-0.2, 0) is 6.54 Å². The van der Waals surface area contributed by atoms with Crippen LogP contribution in [-0.4, -0.2) is 4.57 Å². The van der Waals surface area contributed by atoms with Gasteiger partial charge in [0.05, 0.1) is 0 Å². The molecule has 0 bridgehead atoms. The molecule has 0 amide bonds. The fourth-order valence-corrected chi connectivity index (χ4v) is 5.54. The number of thiophene rings is 1. The number of fused-ring (bicyclic) bond motifs is 2. The Hall–Kier alpha value is -2.69. The fraction of sp³-hybridized carbons (Fsp3) is 0.120. The van der Waals surface area contributed by atoms with Gasteiger partial charge in [-0.3, -0.25) is 0 Å². The van der Waals surface area contributed by atoms with Crippen molar-refractivity contribution in [2.75, 3.05) is 0 Å². The molecule has 30 heavy (non-hydrogen) atoms. The molecule has 3 aromatic carbocycles. The molecule has 2 heterocycles. The van der Waals surface area contributed by atoms with Gasteiger partial charge in [0, 0.05) is 49.4 Å². The molecule has 0 saturated carbocycles. The summed E-state index contributed by atoms with van der Waals surface area (Å²) in [5.74, 6) is -0.587. The molecule has 0 radical (unpaired) electrons. The van der Waals surface area contributed by atoms with Gasteiger partial charge >= 0.3 is 0 Å². The average Bonchev–Trinajstić information content (AvgIpc) is 3.23. The summed E-state index contributed by atoms with van der Waals surface area (Å²) in [6.07, 6.45) is 0. The highest BCUT2D eigenvalue weighted by Crippen LogP contribution is 2.42. The predicted octanol–water partition coefficient (Wildman–Crippen LogP) is 8.45. The zero-order valence-corrected chi connectivity index (χ0v) is 18.0. The van der Waals surface area contributed by atoms with Crippen LogP contribution in [0.4, 0.5) is 8.78 Å². The number of benzene rings is 3. The SMILES string of the molecule is CCn1c(C)c(-c2csc3cc(-c4cc(F)cc(Cl)c4)ccc23)c2cc(F)ccc21. The van der Waals surface area contributed by atoms with Crippen molar-refractivity contribution in [2.24, 2.45) is 0 Å². The molecule has 0 aliphatic rings. The molecule has 0 unspecified atom stereocenters. The van der Waals surface area contributed by atoms with Crippen molar-refractivity contribution in [3.8, 4) is 22.3 Å². The van der Waals surface area contributed by atoms with E-state index in [-0.39, 0.29) is 11.6 Å². The van der Waals surface area contributed by atoms with E-state index in [1.54, 1.807) is 23.5 Å². The van der Waals surface area contributed by atoms with Crippen molar-refractivity contribution < 1.29 is 8.78 Å². The maximum atomic E-state index is 14.1. The number of hydrogen-bond donors (Lipinski definition) is 0. The van der Waals surface area contributed by atoms with E-state index >= 15 is 0 Å². The Bertz CT molecular complexity index is 1410. The van der Waals surface area contributed by atoms with Crippen LogP contribution in [0.25, 0.3) is 43.2 Å². The molecule has 0 saturated heterocycles. The molecule has 2 aromatic heterocycles. The van der Waals surface area contributed by atoms with Crippen LogP contribution in [0.15, 0.2) is 60.0 Å². The van der Waals surface area contributed by atoms with Gasteiger partial charge in [0.15, 0.2) is 0 Å². The van der Waals surface area contributed by atoms with Crippen molar-refractivity contribution in [1.82, 2.24) is 4.57 Å². The summed E-state index contributed by atoms with van der Waals surface area (Å²) in [5.41, 5.74) is 5.99. The van der Waals surface area contributed by atoms with Gasteiger partial charge in [-0.05, 0) is 72.8 Å². The first kappa shape index (κ1) is 19.3. The maximum absolute atomic E-state index is 14.1. The highest BCUT2D eigenvalue weighted by atomic mass is 35.5. The van der Waals surface area contributed by atoms with Gasteiger partial charge in [-0.25, -0.2) is 8.78 Å². The second-order valence-electron chi connectivity index (χ2n) is 7.38. The summed E-state index contributed by atoms with van der Waals surface area (Å²) in [6.45, 7) is 5.01. The van der Waals surface area contributed by atoms with E-state index in [1.807, 2.05) is 12.1 Å². The lowest BCUT2D eigenvalue weighted by Gasteiger charge is -2.06. The smallest absolute Gasteiger partial charge is 0.125 e. The molecular weight excluding hydrogens is 420 g/mol. The summed E-state index contributed by atoms with van der Waals surface area (Å²) in [6, 6.07) is 15.6. The predicted molar refractivity (Wildman–Crippen MR) is 124 cm³/mol. The lowest BCUT2D eigenvalue weighted by molar-refractivity contribution is 0.628. The minimum absolute atomic E-state index is 0.234. The van der Waals surface area contributed by atoms with Crippen molar-refractivity contribution in [3.63, 3.8) is 0 Å². The standard InChI is InChI=1S/C25H18ClF2NS/c1-3-29-14(2)25(21-12-18(27)5-7-23(21)29)22-13-30-24-10-15(4-6-20(22)24)16-8-17(26)11-19(28)9-16/h4-13H,3H2,1-2H3. The second kappa shape index (κ2) is 7.22. The number of halogens is 3. The Kier molecular flexibility index (Phi) is 4.64. The van der Waals surface area contributed by atoms with Crippen molar-refractivity contribution >= 4 is 43.9 Å². The molecule has 0 aliphatic carbocycles. The lowest BCUT2D eigenvalue weighted by Crippen LogP contribution is -1.96. The Morgan fingerprint density at radius 2 is 1.73 bits per heavy atom. The zero-order valence-electron chi connectivity index (χ0n) is 16.5. The van der Waals surface area contributed by atoms with Crippen LogP contribution < -0.4 is 0 Å². The van der Waals surface area contributed by atoms with E-state index in [0.717, 1.165) is 55.5 Å². The highest BCUT2D eigenvalue weighted by Gasteiger charge is 2.18. The molecule has 5 rings (SSSR count). The van der Waals surface area contributed by atoms with E-state index < -0.39 is 0 Å². The second-order valence-corrected chi connectivity index (χ2v) is 8.73. The topological polar surface area (TPSA) is 4.93 Å². The van der Waals surface area contributed by atoms with Gasteiger partial charge < -0.3 is 4.57 Å². The number of aryl methyl sites for hydroxylation is 1. The van der Waals surface area contributed by atoms with Gasteiger partial charge in [-0.15, -0.1) is 11.3 Å². The Labute approximate surface area is 182 Å². The van der Waals surface area contributed by atoms with Gasteiger partial charge in [-0.2, -0.15) is 0 Å². The Morgan fingerprint density at radius 1 is 0.900 bits per heavy atom. The van der Waals surface area contributed by atoms with Crippen molar-refractivity contribution in [2.45, 2.75) is 20.4 Å². The number of hydrogen-bond acceptors (Lipinski definition) is 1. The summed E-state index contributed by atoms with van der Waals surface area (Å²) in [5, 5.41) is 4.53. The molecule has 5 aromatic rings. The Morgan fingerprint density at radius 3 is 2.50 bits per heavy atom. The first-order valence-corrected chi connectivity index (χ1v) is 11.0. The normalized spacial score (nSPS) is 11.6. The van der Waals surface area contributed by atoms with Crippen LogP contribution >= 0.6 is 22.9 Å². The quantitative estimate of drug-likeness (QED) is 0.267. The van der Waals surface area contributed by atoms with Crippen LogP contribution in [0, 0.1) is 18.6 Å². The molecule has 1 nitrogen and oxygen atoms in total. The van der Waals surface area contributed by atoms with Gasteiger partial charge in [-0.1, -0.05) is 23.7 Å². The third-order valence-corrected chi connectivity index (χ3v) is 6.81. The van der Waals surface area contributed by atoms with Crippen LogP contribution in [0.2, 0.25) is 5.02 Å². The largest absolute Gasteiger partial charge is 0.345 e. The molecule has 0 fully saturated rings. The third kappa shape index (κ3) is 3.03.